The molecule has 0 saturated heterocycles. The van der Waals surface area contributed by atoms with Gasteiger partial charge in [0.15, 0.2) is 0 Å². The van der Waals surface area contributed by atoms with Gasteiger partial charge in [-0.2, -0.15) is 0 Å². The number of hydrogen-bond acceptors (Lipinski definition) is 4. The van der Waals surface area contributed by atoms with E-state index in [1.807, 2.05) is 30.3 Å². The molecule has 0 aliphatic heterocycles. The van der Waals surface area contributed by atoms with E-state index in [0.717, 1.165) is 9.57 Å². The maximum Gasteiger partial charge on any atom is 0.118 e. The van der Waals surface area contributed by atoms with Crippen LogP contribution >= 0.6 is 32.9 Å². The summed E-state index contributed by atoms with van der Waals surface area (Å²) in [4.78, 5) is 1.22. The second kappa shape index (κ2) is 4.21. The molecule has 1 nitrogen and oxygen atoms in total. The fraction of sp³-hybridized carbons (Fsp3) is 0.100. The molecule has 1 aromatic heterocycles. The fourth-order valence-electron chi connectivity index (χ4n) is 1.13. The summed E-state index contributed by atoms with van der Waals surface area (Å²) in [7, 11) is 5.02. The first kappa shape index (κ1) is 9.83. The van der Waals surface area contributed by atoms with Crippen molar-refractivity contribution < 1.29 is 4.74 Å². The van der Waals surface area contributed by atoms with E-state index in [0.29, 0.717) is 0 Å². The monoisotopic (exact) mass is 240 g/mol. The number of ether oxygens (including phenoxy) is 1. The third-order valence-electron chi connectivity index (χ3n) is 1.84. The summed E-state index contributed by atoms with van der Waals surface area (Å²) >= 11 is 5.09. The number of hydrogen-bond donors (Lipinski definition) is 0. The molecule has 2 aromatic rings. The van der Waals surface area contributed by atoms with E-state index in [-0.39, 0.29) is 0 Å². The average Bonchev–Trinajstić information content (AvgIpc) is 2.65. The summed E-state index contributed by atoms with van der Waals surface area (Å²) in [6, 6.07) is 10.1. The molecule has 0 amide bonds. The Morgan fingerprint density at radius 3 is 2.36 bits per heavy atom. The maximum atomic E-state index is 5.10. The van der Waals surface area contributed by atoms with Crippen molar-refractivity contribution in [3.8, 4) is 16.2 Å². The second-order valence-electron chi connectivity index (χ2n) is 2.72. The third kappa shape index (κ3) is 2.03. The SMILES string of the molecule is COc1ccc(-c2cc(=S)ss2)cc1. The molecule has 0 spiro atoms. The van der Waals surface area contributed by atoms with Crippen molar-refractivity contribution in [3.63, 3.8) is 0 Å². The topological polar surface area (TPSA) is 9.23 Å². The van der Waals surface area contributed by atoms with E-state index >= 15 is 0 Å². The van der Waals surface area contributed by atoms with Crippen LogP contribution < -0.4 is 4.74 Å². The predicted octanol–water partition coefficient (Wildman–Crippen LogP) is 4.21. The Bertz CT molecular complexity index is 467. The molecular weight excluding hydrogens is 232 g/mol. The van der Waals surface area contributed by atoms with Gasteiger partial charge in [-0.3, -0.25) is 0 Å². The van der Waals surface area contributed by atoms with Crippen molar-refractivity contribution >= 4 is 32.9 Å². The molecule has 0 unspecified atom stereocenters. The highest BCUT2D eigenvalue weighted by atomic mass is 32.9. The summed E-state index contributed by atoms with van der Waals surface area (Å²) < 4.78 is 6.04. The van der Waals surface area contributed by atoms with Gasteiger partial charge in [-0.15, -0.1) is 0 Å². The molecule has 0 aliphatic rings. The van der Waals surface area contributed by atoms with Gasteiger partial charge in [0.25, 0.3) is 0 Å². The zero-order chi connectivity index (χ0) is 9.97. The minimum absolute atomic E-state index is 0.882. The van der Waals surface area contributed by atoms with Crippen LogP contribution in [-0.4, -0.2) is 7.11 Å². The van der Waals surface area contributed by atoms with Crippen molar-refractivity contribution in [3.05, 3.63) is 34.2 Å². The van der Waals surface area contributed by atoms with E-state index in [4.69, 9.17) is 17.0 Å². The molecule has 0 fully saturated rings. The fourth-order valence-corrected chi connectivity index (χ4v) is 3.53. The Hall–Kier alpha value is -0.710. The highest BCUT2D eigenvalue weighted by molar-refractivity contribution is 7.80. The Labute approximate surface area is 95.0 Å². The highest BCUT2D eigenvalue weighted by Crippen LogP contribution is 2.30. The van der Waals surface area contributed by atoms with Gasteiger partial charge in [0, 0.05) is 4.88 Å². The first-order valence-corrected chi connectivity index (χ1v) is 6.60. The Morgan fingerprint density at radius 2 is 1.86 bits per heavy atom. The molecule has 2 rings (SSSR count). The zero-order valence-electron chi connectivity index (χ0n) is 7.52. The van der Waals surface area contributed by atoms with E-state index in [9.17, 15) is 0 Å². The summed E-state index contributed by atoms with van der Waals surface area (Å²) in [5.41, 5.74) is 1.20. The predicted molar refractivity (Wildman–Crippen MR) is 65.0 cm³/mol. The van der Waals surface area contributed by atoms with Crippen LogP contribution in [0.2, 0.25) is 0 Å². The summed E-state index contributed by atoms with van der Waals surface area (Å²) in [5.74, 6) is 0.882. The normalized spacial score (nSPS) is 10.1. The first-order valence-electron chi connectivity index (χ1n) is 4.04. The number of rotatable bonds is 2. The maximum absolute atomic E-state index is 5.10. The summed E-state index contributed by atoms with van der Waals surface area (Å²) in [6.45, 7) is 0. The zero-order valence-corrected chi connectivity index (χ0v) is 9.97. The lowest BCUT2D eigenvalue weighted by atomic mass is 10.2. The van der Waals surface area contributed by atoms with Gasteiger partial charge in [-0.1, -0.05) is 32.9 Å². The van der Waals surface area contributed by atoms with E-state index in [1.165, 1.54) is 10.4 Å². The van der Waals surface area contributed by atoms with Crippen LogP contribution in [0.4, 0.5) is 0 Å². The number of methoxy groups -OCH3 is 1. The molecule has 72 valence electrons. The van der Waals surface area contributed by atoms with Crippen LogP contribution in [0.3, 0.4) is 0 Å². The molecule has 1 aromatic carbocycles. The molecule has 0 radical (unpaired) electrons. The standard InChI is InChI=1S/C10H8OS3/c1-11-8-4-2-7(3-5-8)9-6-10(12)14-13-9/h2-6H,1H3. The summed E-state index contributed by atoms with van der Waals surface area (Å²) in [5, 5.41) is 0. The molecular formula is C10H8OS3. The van der Waals surface area contributed by atoms with Crippen LogP contribution in [0.5, 0.6) is 5.75 Å². The van der Waals surface area contributed by atoms with Crippen LogP contribution in [0, 0.1) is 3.82 Å². The Balaban J connectivity index is 2.38. The molecule has 0 N–H and O–H groups in total. The van der Waals surface area contributed by atoms with E-state index in [1.54, 1.807) is 27.8 Å². The quantitative estimate of drug-likeness (QED) is 0.574. The third-order valence-corrected chi connectivity index (χ3v) is 4.75. The Kier molecular flexibility index (Phi) is 2.96. The number of benzene rings is 1. The van der Waals surface area contributed by atoms with E-state index < -0.39 is 0 Å². The smallest absolute Gasteiger partial charge is 0.118 e. The molecule has 0 atom stereocenters. The van der Waals surface area contributed by atoms with Gasteiger partial charge < -0.3 is 4.74 Å². The van der Waals surface area contributed by atoms with Crippen molar-refractivity contribution in [2.45, 2.75) is 0 Å². The molecule has 1 heterocycles. The minimum atomic E-state index is 0.882. The van der Waals surface area contributed by atoms with Gasteiger partial charge >= 0.3 is 0 Å². The van der Waals surface area contributed by atoms with Crippen molar-refractivity contribution in [1.29, 1.82) is 0 Å². The lowest BCUT2D eigenvalue weighted by molar-refractivity contribution is 0.415. The van der Waals surface area contributed by atoms with Gasteiger partial charge in [0.2, 0.25) is 0 Å². The van der Waals surface area contributed by atoms with Gasteiger partial charge in [0.1, 0.15) is 9.57 Å². The van der Waals surface area contributed by atoms with Crippen LogP contribution in [0.15, 0.2) is 30.3 Å². The largest absolute Gasteiger partial charge is 0.497 e. The van der Waals surface area contributed by atoms with Crippen LogP contribution in [0.1, 0.15) is 0 Å². The minimum Gasteiger partial charge on any atom is -0.497 e. The molecule has 0 aliphatic carbocycles. The second-order valence-corrected chi connectivity index (χ2v) is 5.63. The van der Waals surface area contributed by atoms with Crippen LogP contribution in [0.25, 0.3) is 10.4 Å². The molecule has 0 bridgehead atoms. The van der Waals surface area contributed by atoms with Crippen molar-refractivity contribution in [2.75, 3.05) is 7.11 Å². The lowest BCUT2D eigenvalue weighted by Crippen LogP contribution is -1.81. The van der Waals surface area contributed by atoms with Gasteiger partial charge in [0.05, 0.1) is 7.11 Å². The van der Waals surface area contributed by atoms with Crippen molar-refractivity contribution in [1.82, 2.24) is 0 Å². The Morgan fingerprint density at radius 1 is 1.14 bits per heavy atom. The molecule has 0 saturated carbocycles. The van der Waals surface area contributed by atoms with Gasteiger partial charge in [-0.05, 0) is 35.9 Å². The average molecular weight is 240 g/mol. The lowest BCUT2D eigenvalue weighted by Gasteiger charge is -2.00. The molecule has 14 heavy (non-hydrogen) atoms. The van der Waals surface area contributed by atoms with Gasteiger partial charge in [-0.25, -0.2) is 0 Å². The molecule has 4 heteroatoms. The highest BCUT2D eigenvalue weighted by Gasteiger charge is 2.00. The summed E-state index contributed by atoms with van der Waals surface area (Å²) in [6.07, 6.45) is 0. The van der Waals surface area contributed by atoms with Crippen LogP contribution in [-0.2, 0) is 0 Å². The van der Waals surface area contributed by atoms with Crippen molar-refractivity contribution in [2.24, 2.45) is 0 Å². The van der Waals surface area contributed by atoms with E-state index in [2.05, 4.69) is 0 Å². The first-order chi connectivity index (χ1) is 6.79.